The average molecular weight is 297 g/mol. The maximum atomic E-state index is 13.4. The zero-order valence-electron chi connectivity index (χ0n) is 11.1. The van der Waals surface area contributed by atoms with E-state index in [4.69, 9.17) is 0 Å². The first kappa shape index (κ1) is 14.7. The molecule has 0 aliphatic rings. The molecule has 0 amide bonds. The van der Waals surface area contributed by atoms with Crippen molar-refractivity contribution in [3.63, 3.8) is 0 Å². The molecule has 5 nitrogen and oxygen atoms in total. The van der Waals surface area contributed by atoms with Gasteiger partial charge in [0.15, 0.2) is 0 Å². The third-order valence-electron chi connectivity index (χ3n) is 2.87. The Labute approximate surface area is 117 Å². The lowest BCUT2D eigenvalue weighted by Crippen LogP contribution is -2.25. The molecule has 1 N–H and O–H groups in total. The molecule has 1 heterocycles. The number of sulfonamides is 1. The van der Waals surface area contributed by atoms with Crippen molar-refractivity contribution >= 4 is 10.0 Å². The summed E-state index contributed by atoms with van der Waals surface area (Å²) in [6.07, 6.45) is 4.08. The van der Waals surface area contributed by atoms with Gasteiger partial charge in [-0.15, -0.1) is 0 Å². The van der Waals surface area contributed by atoms with E-state index in [2.05, 4.69) is 9.82 Å². The van der Waals surface area contributed by atoms with Crippen molar-refractivity contribution in [1.29, 1.82) is 0 Å². The molecular weight excluding hydrogens is 281 g/mol. The quantitative estimate of drug-likeness (QED) is 0.825. The van der Waals surface area contributed by atoms with Crippen LogP contribution in [0.4, 0.5) is 4.39 Å². The summed E-state index contributed by atoms with van der Waals surface area (Å²) in [5.74, 6) is -0.524. The van der Waals surface area contributed by atoms with Crippen molar-refractivity contribution in [2.75, 3.05) is 6.54 Å². The lowest BCUT2D eigenvalue weighted by Gasteiger charge is -2.07. The summed E-state index contributed by atoms with van der Waals surface area (Å²) in [4.78, 5) is -0.0558. The molecule has 108 valence electrons. The maximum Gasteiger partial charge on any atom is 0.240 e. The number of rotatable bonds is 6. The van der Waals surface area contributed by atoms with Gasteiger partial charge in [-0.25, -0.2) is 17.5 Å². The minimum absolute atomic E-state index is 0.0558. The van der Waals surface area contributed by atoms with Crippen LogP contribution in [0.2, 0.25) is 0 Å². The zero-order valence-corrected chi connectivity index (χ0v) is 11.9. The normalized spacial score (nSPS) is 11.7. The van der Waals surface area contributed by atoms with Crippen LogP contribution in [0.5, 0.6) is 0 Å². The second-order valence-electron chi connectivity index (χ2n) is 4.43. The number of benzene rings is 1. The number of hydrogen-bond acceptors (Lipinski definition) is 3. The van der Waals surface area contributed by atoms with Crippen LogP contribution in [0.25, 0.3) is 0 Å². The van der Waals surface area contributed by atoms with E-state index in [9.17, 15) is 12.8 Å². The van der Waals surface area contributed by atoms with E-state index in [1.807, 2.05) is 6.20 Å². The van der Waals surface area contributed by atoms with Gasteiger partial charge in [0.05, 0.1) is 4.90 Å². The molecule has 1 aromatic carbocycles. The summed E-state index contributed by atoms with van der Waals surface area (Å²) in [5.41, 5.74) is 0.419. The van der Waals surface area contributed by atoms with Crippen molar-refractivity contribution in [2.45, 2.75) is 24.8 Å². The van der Waals surface area contributed by atoms with Gasteiger partial charge in [-0.05, 0) is 37.1 Å². The summed E-state index contributed by atoms with van der Waals surface area (Å²) >= 11 is 0. The molecule has 0 aliphatic heterocycles. The fourth-order valence-corrected chi connectivity index (χ4v) is 2.79. The largest absolute Gasteiger partial charge is 0.273 e. The molecule has 0 saturated heterocycles. The predicted octanol–water partition coefficient (Wildman–Crippen LogP) is 1.70. The molecule has 0 fully saturated rings. The Morgan fingerprint density at radius 1 is 1.40 bits per heavy atom. The van der Waals surface area contributed by atoms with E-state index >= 15 is 0 Å². The first-order chi connectivity index (χ1) is 9.49. The second kappa shape index (κ2) is 6.15. The second-order valence-corrected chi connectivity index (χ2v) is 6.20. The summed E-state index contributed by atoms with van der Waals surface area (Å²) in [6, 6.07) is 5.69. The molecule has 0 atom stereocenters. The van der Waals surface area contributed by atoms with E-state index in [1.165, 1.54) is 12.1 Å². The lowest BCUT2D eigenvalue weighted by atomic mass is 10.2. The average Bonchev–Trinajstić information content (AvgIpc) is 2.91. The topological polar surface area (TPSA) is 64.0 Å². The molecule has 0 saturated carbocycles. The van der Waals surface area contributed by atoms with Gasteiger partial charge < -0.3 is 0 Å². The molecule has 20 heavy (non-hydrogen) atoms. The first-order valence-electron chi connectivity index (χ1n) is 6.22. The number of aryl methyl sites for hydroxylation is 2. The standard InChI is InChI=1S/C13H16FN3O2S/c1-11-4-5-12(10-13(11)14)20(18,19)16-7-3-9-17-8-2-6-15-17/h2,4-6,8,10,16H,3,7,9H2,1H3. The Kier molecular flexibility index (Phi) is 4.51. The Morgan fingerprint density at radius 3 is 2.85 bits per heavy atom. The van der Waals surface area contributed by atoms with E-state index < -0.39 is 15.8 Å². The summed E-state index contributed by atoms with van der Waals surface area (Å²) < 4.78 is 41.5. The molecule has 0 spiro atoms. The molecule has 0 aliphatic carbocycles. The third kappa shape index (κ3) is 3.64. The van der Waals surface area contributed by atoms with Crippen molar-refractivity contribution in [3.8, 4) is 0 Å². The number of nitrogens with zero attached hydrogens (tertiary/aromatic N) is 2. The highest BCUT2D eigenvalue weighted by molar-refractivity contribution is 7.89. The summed E-state index contributed by atoms with van der Waals surface area (Å²) in [5, 5.41) is 4.02. The molecule has 0 unspecified atom stereocenters. The maximum absolute atomic E-state index is 13.4. The fourth-order valence-electron chi connectivity index (χ4n) is 1.70. The predicted molar refractivity (Wildman–Crippen MR) is 73.2 cm³/mol. The van der Waals surface area contributed by atoms with Crippen LogP contribution in [-0.2, 0) is 16.6 Å². The van der Waals surface area contributed by atoms with E-state index in [0.29, 0.717) is 18.5 Å². The minimum atomic E-state index is -3.66. The molecule has 7 heteroatoms. The molecule has 2 aromatic rings. The zero-order chi connectivity index (χ0) is 14.6. The highest BCUT2D eigenvalue weighted by atomic mass is 32.2. The van der Waals surface area contributed by atoms with Crippen molar-refractivity contribution in [1.82, 2.24) is 14.5 Å². The van der Waals surface area contributed by atoms with Crippen LogP contribution < -0.4 is 4.72 Å². The Morgan fingerprint density at radius 2 is 2.20 bits per heavy atom. The third-order valence-corrected chi connectivity index (χ3v) is 4.33. The number of halogens is 1. The van der Waals surface area contributed by atoms with E-state index in [0.717, 1.165) is 6.07 Å². The van der Waals surface area contributed by atoms with Crippen molar-refractivity contribution in [2.24, 2.45) is 0 Å². The van der Waals surface area contributed by atoms with Gasteiger partial charge in [0.2, 0.25) is 10.0 Å². The number of hydrogen-bond donors (Lipinski definition) is 1. The monoisotopic (exact) mass is 297 g/mol. The SMILES string of the molecule is Cc1ccc(S(=O)(=O)NCCCn2cccn2)cc1F. The van der Waals surface area contributed by atoms with Crippen LogP contribution in [0.1, 0.15) is 12.0 Å². The summed E-state index contributed by atoms with van der Waals surface area (Å²) in [7, 11) is -3.66. The minimum Gasteiger partial charge on any atom is -0.273 e. The van der Waals surface area contributed by atoms with Gasteiger partial charge in [-0.2, -0.15) is 5.10 Å². The number of aromatic nitrogens is 2. The smallest absolute Gasteiger partial charge is 0.240 e. The molecule has 0 radical (unpaired) electrons. The molecule has 2 rings (SSSR count). The molecule has 1 aromatic heterocycles. The highest BCUT2D eigenvalue weighted by Crippen LogP contribution is 2.13. The van der Waals surface area contributed by atoms with Gasteiger partial charge in [0.25, 0.3) is 0 Å². The van der Waals surface area contributed by atoms with Gasteiger partial charge in [0, 0.05) is 25.5 Å². The van der Waals surface area contributed by atoms with Crippen molar-refractivity contribution in [3.05, 3.63) is 48.0 Å². The number of nitrogens with one attached hydrogen (secondary N) is 1. The van der Waals surface area contributed by atoms with Crippen LogP contribution in [0.15, 0.2) is 41.6 Å². The van der Waals surface area contributed by atoms with Crippen LogP contribution in [-0.4, -0.2) is 24.7 Å². The van der Waals surface area contributed by atoms with Gasteiger partial charge in [-0.3, -0.25) is 4.68 Å². The van der Waals surface area contributed by atoms with Crippen LogP contribution >= 0.6 is 0 Å². The van der Waals surface area contributed by atoms with Crippen LogP contribution in [0, 0.1) is 12.7 Å². The Bertz CT molecular complexity index is 669. The van der Waals surface area contributed by atoms with Gasteiger partial charge >= 0.3 is 0 Å². The van der Waals surface area contributed by atoms with Crippen LogP contribution in [0.3, 0.4) is 0 Å². The Balaban J connectivity index is 1.92. The molecular formula is C13H16FN3O2S. The van der Waals surface area contributed by atoms with Crippen molar-refractivity contribution < 1.29 is 12.8 Å². The Hall–Kier alpha value is -1.73. The molecule has 0 bridgehead atoms. The van der Waals surface area contributed by atoms with Gasteiger partial charge in [0.1, 0.15) is 5.82 Å². The first-order valence-corrected chi connectivity index (χ1v) is 7.70. The van der Waals surface area contributed by atoms with E-state index in [1.54, 1.807) is 23.9 Å². The lowest BCUT2D eigenvalue weighted by molar-refractivity contribution is 0.551. The van der Waals surface area contributed by atoms with E-state index in [-0.39, 0.29) is 11.4 Å². The highest BCUT2D eigenvalue weighted by Gasteiger charge is 2.14. The fraction of sp³-hybridized carbons (Fsp3) is 0.308. The van der Waals surface area contributed by atoms with Gasteiger partial charge in [-0.1, -0.05) is 6.07 Å². The summed E-state index contributed by atoms with van der Waals surface area (Å²) in [6.45, 7) is 2.48.